The highest BCUT2D eigenvalue weighted by Gasteiger charge is 2.41. The summed E-state index contributed by atoms with van der Waals surface area (Å²) in [5.41, 5.74) is 5.48. The number of nitrogens with zero attached hydrogens (tertiary/aromatic N) is 2. The molecule has 0 fully saturated rings. The first kappa shape index (κ1) is 23.2. The van der Waals surface area contributed by atoms with E-state index >= 15 is 0 Å². The third-order valence-corrected chi connectivity index (χ3v) is 6.68. The number of rotatable bonds is 9. The fourth-order valence-electron chi connectivity index (χ4n) is 4.62. The lowest BCUT2D eigenvalue weighted by Crippen LogP contribution is -2.30. The molecule has 0 saturated carbocycles. The molecule has 1 aliphatic rings. The van der Waals surface area contributed by atoms with Gasteiger partial charge in [0, 0.05) is 22.7 Å². The molecule has 1 N–H and O–H groups in total. The monoisotopic (exact) mass is 485 g/mol. The number of amides is 1. The number of benzene rings is 3. The molecule has 4 aromatic rings. The van der Waals surface area contributed by atoms with Crippen molar-refractivity contribution in [3.05, 3.63) is 106 Å². The van der Waals surface area contributed by atoms with Crippen molar-refractivity contribution >= 4 is 17.5 Å². The van der Waals surface area contributed by atoms with Gasteiger partial charge in [-0.2, -0.15) is 5.10 Å². The first-order valence-corrected chi connectivity index (χ1v) is 12.5. The van der Waals surface area contributed by atoms with Crippen LogP contribution in [-0.4, -0.2) is 27.5 Å². The van der Waals surface area contributed by atoms with E-state index in [-0.39, 0.29) is 11.9 Å². The highest BCUT2D eigenvalue weighted by molar-refractivity contribution is 6.30. The van der Waals surface area contributed by atoms with Gasteiger partial charge in [-0.1, -0.05) is 86.0 Å². The van der Waals surface area contributed by atoms with Crippen LogP contribution >= 0.6 is 11.6 Å². The van der Waals surface area contributed by atoms with Crippen LogP contribution in [0.5, 0.6) is 5.75 Å². The predicted molar refractivity (Wildman–Crippen MR) is 139 cm³/mol. The van der Waals surface area contributed by atoms with Gasteiger partial charge < -0.3 is 9.64 Å². The lowest BCUT2D eigenvalue weighted by molar-refractivity contribution is 0.0740. The Hall–Kier alpha value is -3.57. The van der Waals surface area contributed by atoms with Crippen molar-refractivity contribution < 1.29 is 9.53 Å². The van der Waals surface area contributed by atoms with Crippen molar-refractivity contribution in [3.63, 3.8) is 0 Å². The Morgan fingerprint density at radius 1 is 0.971 bits per heavy atom. The van der Waals surface area contributed by atoms with Gasteiger partial charge in [0.15, 0.2) is 0 Å². The van der Waals surface area contributed by atoms with E-state index in [0.29, 0.717) is 23.9 Å². The van der Waals surface area contributed by atoms with Crippen LogP contribution in [0.15, 0.2) is 78.9 Å². The molecule has 0 saturated heterocycles. The average molecular weight is 486 g/mol. The van der Waals surface area contributed by atoms with Crippen molar-refractivity contribution in [3.8, 4) is 17.0 Å². The highest BCUT2D eigenvalue weighted by Crippen LogP contribution is 2.43. The number of aromatic amines is 1. The van der Waals surface area contributed by atoms with Gasteiger partial charge in [-0.3, -0.25) is 9.89 Å². The maximum atomic E-state index is 13.4. The molecule has 1 aromatic heterocycles. The summed E-state index contributed by atoms with van der Waals surface area (Å²) < 4.78 is 5.98. The van der Waals surface area contributed by atoms with E-state index in [2.05, 4.69) is 29.3 Å². The zero-order valence-electron chi connectivity index (χ0n) is 19.7. The van der Waals surface area contributed by atoms with Crippen LogP contribution in [0.1, 0.15) is 59.4 Å². The smallest absolute Gasteiger partial charge is 0.273 e. The van der Waals surface area contributed by atoms with Crippen molar-refractivity contribution in [1.29, 1.82) is 0 Å². The van der Waals surface area contributed by atoms with Crippen molar-refractivity contribution in [1.82, 2.24) is 15.1 Å². The number of ether oxygens (including phenoxy) is 1. The fourth-order valence-corrected chi connectivity index (χ4v) is 4.74. The summed E-state index contributed by atoms with van der Waals surface area (Å²) in [6, 6.07) is 25.5. The largest absolute Gasteiger partial charge is 0.489 e. The standard InChI is InChI=1S/C29H28ClN3O2/c1-2-3-7-18-33-28(25-26(21-8-5-4-6-9-21)31-32-27(25)29(33)34)22-12-16-24(17-13-22)35-19-20-10-14-23(30)15-11-20/h4-6,8-17,28H,2-3,7,18-19H2,1H3,(H,31,32). The van der Waals surface area contributed by atoms with Crippen LogP contribution in [0.2, 0.25) is 5.02 Å². The Balaban J connectivity index is 1.43. The number of carbonyl (C=O) groups excluding carboxylic acids is 1. The lowest BCUT2D eigenvalue weighted by Gasteiger charge is -2.26. The number of carbonyl (C=O) groups is 1. The van der Waals surface area contributed by atoms with E-state index in [9.17, 15) is 4.79 Å². The quantitative estimate of drug-likeness (QED) is 0.258. The molecule has 2 heterocycles. The summed E-state index contributed by atoms with van der Waals surface area (Å²) in [5.74, 6) is 0.792. The minimum atomic E-state index is -0.186. The van der Waals surface area contributed by atoms with Gasteiger partial charge in [-0.15, -0.1) is 0 Å². The lowest BCUT2D eigenvalue weighted by atomic mass is 9.96. The minimum Gasteiger partial charge on any atom is -0.489 e. The summed E-state index contributed by atoms with van der Waals surface area (Å²) in [6.07, 6.45) is 3.17. The van der Waals surface area contributed by atoms with Crippen molar-refractivity contribution in [2.75, 3.05) is 6.54 Å². The minimum absolute atomic E-state index is 0.0128. The van der Waals surface area contributed by atoms with Gasteiger partial charge >= 0.3 is 0 Å². The number of hydrogen-bond acceptors (Lipinski definition) is 3. The third-order valence-electron chi connectivity index (χ3n) is 6.43. The highest BCUT2D eigenvalue weighted by atomic mass is 35.5. The molecule has 3 aromatic carbocycles. The van der Waals surface area contributed by atoms with Gasteiger partial charge in [0.2, 0.25) is 0 Å². The molecule has 5 rings (SSSR count). The molecular formula is C29H28ClN3O2. The van der Waals surface area contributed by atoms with Gasteiger partial charge in [0.05, 0.1) is 11.7 Å². The second kappa shape index (κ2) is 10.4. The SMILES string of the molecule is CCCCCN1C(=O)c2[nH]nc(-c3ccccc3)c2C1c1ccc(OCc2ccc(Cl)cc2)cc1. The van der Waals surface area contributed by atoms with E-state index in [1.54, 1.807) is 0 Å². The van der Waals surface area contributed by atoms with E-state index in [4.69, 9.17) is 16.3 Å². The van der Waals surface area contributed by atoms with Crippen LogP contribution in [0.4, 0.5) is 0 Å². The molecule has 6 heteroatoms. The van der Waals surface area contributed by atoms with Crippen LogP contribution in [-0.2, 0) is 6.61 Å². The maximum absolute atomic E-state index is 13.4. The summed E-state index contributed by atoms with van der Waals surface area (Å²) in [6.45, 7) is 3.35. The summed E-state index contributed by atoms with van der Waals surface area (Å²) in [5, 5.41) is 8.29. The zero-order chi connectivity index (χ0) is 24.2. The maximum Gasteiger partial charge on any atom is 0.273 e. The van der Waals surface area contributed by atoms with Crippen LogP contribution in [0.25, 0.3) is 11.3 Å². The molecule has 0 aliphatic carbocycles. The first-order chi connectivity index (χ1) is 17.2. The van der Waals surface area contributed by atoms with Gasteiger partial charge in [-0.25, -0.2) is 0 Å². The van der Waals surface area contributed by atoms with E-state index in [0.717, 1.165) is 53.0 Å². The number of nitrogens with one attached hydrogen (secondary N) is 1. The molecular weight excluding hydrogens is 458 g/mol. The number of aromatic nitrogens is 2. The molecule has 1 atom stereocenters. The number of fused-ring (bicyclic) bond motifs is 1. The Kier molecular flexibility index (Phi) is 6.87. The summed E-state index contributed by atoms with van der Waals surface area (Å²) >= 11 is 5.97. The Bertz CT molecular complexity index is 1280. The molecule has 5 nitrogen and oxygen atoms in total. The number of hydrogen-bond donors (Lipinski definition) is 1. The molecule has 1 aliphatic heterocycles. The Morgan fingerprint density at radius 2 is 1.71 bits per heavy atom. The number of halogens is 1. The molecule has 0 bridgehead atoms. The van der Waals surface area contributed by atoms with E-state index in [1.807, 2.05) is 71.6 Å². The molecule has 1 unspecified atom stereocenters. The normalized spacial score (nSPS) is 14.9. The second-order valence-corrected chi connectivity index (χ2v) is 9.26. The van der Waals surface area contributed by atoms with Crippen LogP contribution < -0.4 is 4.74 Å². The van der Waals surface area contributed by atoms with E-state index in [1.165, 1.54) is 0 Å². The molecule has 0 radical (unpaired) electrons. The van der Waals surface area contributed by atoms with Gasteiger partial charge in [0.25, 0.3) is 5.91 Å². The predicted octanol–water partition coefficient (Wildman–Crippen LogP) is 7.04. The van der Waals surface area contributed by atoms with Crippen molar-refractivity contribution in [2.45, 2.75) is 38.8 Å². The van der Waals surface area contributed by atoms with Crippen LogP contribution in [0, 0.1) is 0 Å². The average Bonchev–Trinajstić information content (AvgIpc) is 3.44. The molecule has 0 spiro atoms. The number of unbranched alkanes of at least 4 members (excludes halogenated alkanes) is 2. The second-order valence-electron chi connectivity index (χ2n) is 8.82. The summed E-state index contributed by atoms with van der Waals surface area (Å²) in [4.78, 5) is 15.4. The topological polar surface area (TPSA) is 58.2 Å². The van der Waals surface area contributed by atoms with Crippen molar-refractivity contribution in [2.24, 2.45) is 0 Å². The van der Waals surface area contributed by atoms with Gasteiger partial charge in [0.1, 0.15) is 18.1 Å². The third kappa shape index (κ3) is 4.82. The zero-order valence-corrected chi connectivity index (χ0v) is 20.5. The Morgan fingerprint density at radius 3 is 2.43 bits per heavy atom. The first-order valence-electron chi connectivity index (χ1n) is 12.1. The molecule has 35 heavy (non-hydrogen) atoms. The molecule has 178 valence electrons. The summed E-state index contributed by atoms with van der Waals surface area (Å²) in [7, 11) is 0. The van der Waals surface area contributed by atoms with Gasteiger partial charge in [-0.05, 0) is 41.8 Å². The molecule has 1 amide bonds. The van der Waals surface area contributed by atoms with Crippen LogP contribution in [0.3, 0.4) is 0 Å². The Labute approximate surface area is 210 Å². The van der Waals surface area contributed by atoms with E-state index < -0.39 is 0 Å². The fraction of sp³-hybridized carbons (Fsp3) is 0.241. The number of H-pyrrole nitrogens is 1.